The first kappa shape index (κ1) is 12.8. The number of amides is 1. The Hall–Kier alpha value is -0.290. The predicted octanol–water partition coefficient (Wildman–Crippen LogP) is 1.18. The first-order valence-electron chi connectivity index (χ1n) is 4.56. The highest BCUT2D eigenvalue weighted by Gasteiger charge is 2.25. The van der Waals surface area contributed by atoms with E-state index < -0.39 is 4.84 Å². The van der Waals surface area contributed by atoms with E-state index in [2.05, 4.69) is 6.58 Å². The van der Waals surface area contributed by atoms with E-state index in [4.69, 9.17) is 32.7 Å². The monoisotopic (exact) mass is 253 g/mol. The van der Waals surface area contributed by atoms with Gasteiger partial charge in [0, 0.05) is 6.54 Å². The quantitative estimate of drug-likeness (QED) is 0.546. The van der Waals surface area contributed by atoms with Crippen LogP contribution in [0.25, 0.3) is 0 Å². The minimum absolute atomic E-state index is 0.320. The van der Waals surface area contributed by atoms with E-state index in [1.165, 1.54) is 4.90 Å². The third-order valence-corrected chi connectivity index (χ3v) is 2.28. The maximum Gasteiger partial charge on any atom is 0.256 e. The van der Waals surface area contributed by atoms with E-state index in [1.807, 2.05) is 0 Å². The molecule has 0 aliphatic carbocycles. The largest absolute Gasteiger partial charge is 0.348 e. The predicted molar refractivity (Wildman–Crippen MR) is 58.0 cm³/mol. The normalized spacial score (nSPS) is 17.0. The lowest BCUT2D eigenvalue weighted by Crippen LogP contribution is -2.40. The van der Waals surface area contributed by atoms with Crippen molar-refractivity contribution < 1.29 is 14.3 Å². The fraction of sp³-hybridized carbons (Fsp3) is 0.667. The van der Waals surface area contributed by atoms with Crippen molar-refractivity contribution in [3.05, 3.63) is 12.7 Å². The zero-order chi connectivity index (χ0) is 11.3. The zero-order valence-corrected chi connectivity index (χ0v) is 9.71. The highest BCUT2D eigenvalue weighted by molar-refractivity contribution is 6.53. The minimum Gasteiger partial charge on any atom is -0.348 e. The van der Waals surface area contributed by atoms with Gasteiger partial charge in [0.15, 0.2) is 11.1 Å². The molecule has 0 N–H and O–H groups in total. The summed E-state index contributed by atoms with van der Waals surface area (Å²) in [5.41, 5.74) is 0. The number of carbonyl (C=O) groups is 1. The number of hydrogen-bond donors (Lipinski definition) is 0. The van der Waals surface area contributed by atoms with Crippen molar-refractivity contribution >= 4 is 29.1 Å². The highest BCUT2D eigenvalue weighted by atomic mass is 35.5. The van der Waals surface area contributed by atoms with Gasteiger partial charge in [-0.25, -0.2) is 0 Å². The Balaban J connectivity index is 2.48. The summed E-state index contributed by atoms with van der Waals surface area (Å²) < 4.78 is 10.4. The van der Waals surface area contributed by atoms with E-state index in [-0.39, 0.29) is 12.2 Å². The lowest BCUT2D eigenvalue weighted by atomic mass is 10.4. The van der Waals surface area contributed by atoms with E-state index in [1.54, 1.807) is 6.08 Å². The van der Waals surface area contributed by atoms with Crippen LogP contribution < -0.4 is 0 Å². The second-order valence-corrected chi connectivity index (χ2v) is 4.10. The summed E-state index contributed by atoms with van der Waals surface area (Å²) in [7, 11) is 0. The maximum atomic E-state index is 11.5. The van der Waals surface area contributed by atoms with Crippen molar-refractivity contribution in [2.45, 2.75) is 11.1 Å². The molecule has 1 saturated heterocycles. The van der Waals surface area contributed by atoms with Crippen molar-refractivity contribution in [3.63, 3.8) is 0 Å². The Kier molecular flexibility index (Phi) is 5.39. The van der Waals surface area contributed by atoms with Gasteiger partial charge >= 0.3 is 0 Å². The summed E-state index contributed by atoms with van der Waals surface area (Å²) in [5, 5.41) is 0. The molecule has 0 aromatic rings. The third kappa shape index (κ3) is 3.99. The Bertz CT molecular complexity index is 229. The van der Waals surface area contributed by atoms with Crippen molar-refractivity contribution in [1.82, 2.24) is 4.90 Å². The van der Waals surface area contributed by atoms with Crippen LogP contribution in [-0.4, -0.2) is 48.2 Å². The fourth-order valence-corrected chi connectivity index (χ4v) is 1.52. The van der Waals surface area contributed by atoms with Crippen molar-refractivity contribution in [2.75, 3.05) is 26.3 Å². The molecule has 0 bridgehead atoms. The zero-order valence-electron chi connectivity index (χ0n) is 8.20. The summed E-state index contributed by atoms with van der Waals surface area (Å²) in [5.74, 6) is -0.364. The van der Waals surface area contributed by atoms with Crippen molar-refractivity contribution in [1.29, 1.82) is 0 Å². The molecule has 86 valence electrons. The van der Waals surface area contributed by atoms with Gasteiger partial charge in [0.25, 0.3) is 5.91 Å². The molecule has 0 atom stereocenters. The molecular weight excluding hydrogens is 241 g/mol. The van der Waals surface area contributed by atoms with E-state index >= 15 is 0 Å². The van der Waals surface area contributed by atoms with Gasteiger partial charge in [0.05, 0.1) is 19.8 Å². The molecule has 0 aromatic carbocycles. The van der Waals surface area contributed by atoms with Crippen molar-refractivity contribution in [3.8, 4) is 0 Å². The van der Waals surface area contributed by atoms with E-state index in [0.717, 1.165) is 0 Å². The number of rotatable bonds is 5. The first-order chi connectivity index (χ1) is 7.15. The number of alkyl halides is 2. The first-order valence-corrected chi connectivity index (χ1v) is 5.43. The topological polar surface area (TPSA) is 38.8 Å². The Morgan fingerprint density at radius 3 is 2.60 bits per heavy atom. The fourth-order valence-electron chi connectivity index (χ4n) is 1.24. The van der Waals surface area contributed by atoms with Gasteiger partial charge in [-0.15, -0.1) is 6.58 Å². The Labute approximate surface area is 98.7 Å². The van der Waals surface area contributed by atoms with Crippen LogP contribution in [0.15, 0.2) is 12.7 Å². The smallest absolute Gasteiger partial charge is 0.256 e. The van der Waals surface area contributed by atoms with Crippen LogP contribution in [-0.2, 0) is 14.3 Å². The van der Waals surface area contributed by atoms with Gasteiger partial charge in [-0.1, -0.05) is 29.3 Å². The molecule has 0 radical (unpaired) electrons. The molecular formula is C9H13Cl2NO3. The SMILES string of the molecule is C=CCN(CC1OCCO1)C(=O)C(Cl)Cl. The van der Waals surface area contributed by atoms with Gasteiger partial charge < -0.3 is 14.4 Å². The second kappa shape index (κ2) is 6.33. The van der Waals surface area contributed by atoms with E-state index in [9.17, 15) is 4.79 Å². The molecule has 6 heteroatoms. The summed E-state index contributed by atoms with van der Waals surface area (Å²) in [4.78, 5) is 11.9. The molecule has 1 heterocycles. The van der Waals surface area contributed by atoms with Crippen molar-refractivity contribution in [2.24, 2.45) is 0 Å². The van der Waals surface area contributed by atoms with Crippen LogP contribution in [0.4, 0.5) is 0 Å². The molecule has 0 unspecified atom stereocenters. The second-order valence-electron chi connectivity index (χ2n) is 3.00. The van der Waals surface area contributed by atoms with Gasteiger partial charge in [0.2, 0.25) is 0 Å². The molecule has 1 aliphatic heterocycles. The van der Waals surface area contributed by atoms with Crippen LogP contribution in [0.1, 0.15) is 0 Å². The molecule has 15 heavy (non-hydrogen) atoms. The van der Waals surface area contributed by atoms with Gasteiger partial charge in [0.1, 0.15) is 0 Å². The molecule has 1 fully saturated rings. The molecule has 4 nitrogen and oxygen atoms in total. The van der Waals surface area contributed by atoms with Gasteiger partial charge in [-0.05, 0) is 0 Å². The molecule has 1 aliphatic rings. The number of carbonyl (C=O) groups excluding carboxylic acids is 1. The maximum absolute atomic E-state index is 11.5. The van der Waals surface area contributed by atoms with Crippen LogP contribution in [0.5, 0.6) is 0 Å². The van der Waals surface area contributed by atoms with E-state index in [0.29, 0.717) is 26.3 Å². The number of hydrogen-bond acceptors (Lipinski definition) is 3. The molecule has 1 amide bonds. The van der Waals surface area contributed by atoms with Crippen LogP contribution in [0.2, 0.25) is 0 Å². The van der Waals surface area contributed by atoms with Crippen LogP contribution in [0.3, 0.4) is 0 Å². The average molecular weight is 254 g/mol. The molecule has 0 aromatic heterocycles. The van der Waals surface area contributed by atoms with Gasteiger partial charge in [-0.2, -0.15) is 0 Å². The lowest BCUT2D eigenvalue weighted by molar-refractivity contribution is -0.134. The van der Waals surface area contributed by atoms with Crippen LogP contribution >= 0.6 is 23.2 Å². The molecule has 0 spiro atoms. The molecule has 0 saturated carbocycles. The number of nitrogens with zero attached hydrogens (tertiary/aromatic N) is 1. The minimum atomic E-state index is -1.06. The Morgan fingerprint density at radius 2 is 2.13 bits per heavy atom. The van der Waals surface area contributed by atoms with Gasteiger partial charge in [-0.3, -0.25) is 4.79 Å². The summed E-state index contributed by atoms with van der Waals surface area (Å²) >= 11 is 11.0. The summed E-state index contributed by atoms with van der Waals surface area (Å²) in [6.45, 7) is 5.34. The highest BCUT2D eigenvalue weighted by Crippen LogP contribution is 2.11. The third-order valence-electron chi connectivity index (χ3n) is 1.91. The summed E-state index contributed by atoms with van der Waals surface area (Å²) in [6.07, 6.45) is 1.21. The summed E-state index contributed by atoms with van der Waals surface area (Å²) in [6, 6.07) is 0. The standard InChI is InChI=1S/C9H13Cl2NO3/c1-2-3-12(9(13)8(10)11)6-7-14-4-5-15-7/h2,7-8H,1,3-6H2. The number of ether oxygens (including phenoxy) is 2. The lowest BCUT2D eigenvalue weighted by Gasteiger charge is -2.23. The molecule has 1 rings (SSSR count). The Morgan fingerprint density at radius 1 is 1.53 bits per heavy atom. The average Bonchev–Trinajstić information content (AvgIpc) is 2.68. The van der Waals surface area contributed by atoms with Crippen LogP contribution in [0, 0.1) is 0 Å². The number of halogens is 2.